The highest BCUT2D eigenvalue weighted by Gasteiger charge is 2.26. The SMILES string of the molecule is Cc1cnccc1CNC1CCCC1C#N. The van der Waals surface area contributed by atoms with Crippen molar-refractivity contribution < 1.29 is 0 Å². The number of hydrogen-bond donors (Lipinski definition) is 1. The number of rotatable bonds is 3. The first-order valence-electron chi connectivity index (χ1n) is 5.83. The van der Waals surface area contributed by atoms with E-state index in [4.69, 9.17) is 5.26 Å². The molecule has 0 amide bonds. The highest BCUT2D eigenvalue weighted by molar-refractivity contribution is 5.21. The molecule has 2 rings (SSSR count). The van der Waals surface area contributed by atoms with Crippen molar-refractivity contribution in [1.29, 1.82) is 5.26 Å². The fourth-order valence-electron chi connectivity index (χ4n) is 2.30. The quantitative estimate of drug-likeness (QED) is 0.840. The van der Waals surface area contributed by atoms with Gasteiger partial charge in [-0.05, 0) is 37.0 Å². The van der Waals surface area contributed by atoms with Crippen LogP contribution in [0.1, 0.15) is 30.4 Å². The minimum atomic E-state index is 0.196. The summed E-state index contributed by atoms with van der Waals surface area (Å²) in [4.78, 5) is 4.08. The molecule has 1 fully saturated rings. The number of nitriles is 1. The number of nitrogens with zero attached hydrogens (tertiary/aromatic N) is 2. The van der Waals surface area contributed by atoms with Gasteiger partial charge in [0.15, 0.2) is 0 Å². The van der Waals surface area contributed by atoms with Gasteiger partial charge >= 0.3 is 0 Å². The van der Waals surface area contributed by atoms with Crippen LogP contribution in [0.5, 0.6) is 0 Å². The van der Waals surface area contributed by atoms with Gasteiger partial charge in [-0.3, -0.25) is 4.98 Å². The Balaban J connectivity index is 1.93. The molecule has 1 aromatic heterocycles. The van der Waals surface area contributed by atoms with E-state index in [0.717, 1.165) is 19.4 Å². The molecule has 0 radical (unpaired) electrons. The van der Waals surface area contributed by atoms with E-state index < -0.39 is 0 Å². The van der Waals surface area contributed by atoms with Gasteiger partial charge in [-0.1, -0.05) is 6.42 Å². The Labute approximate surface area is 96.5 Å². The summed E-state index contributed by atoms with van der Waals surface area (Å²) in [6.07, 6.45) is 7.05. The van der Waals surface area contributed by atoms with Crippen LogP contribution in [-0.4, -0.2) is 11.0 Å². The molecule has 3 heteroatoms. The van der Waals surface area contributed by atoms with Crippen molar-refractivity contribution in [2.24, 2.45) is 5.92 Å². The van der Waals surface area contributed by atoms with Crippen molar-refractivity contribution in [3.63, 3.8) is 0 Å². The Morgan fingerprint density at radius 3 is 3.19 bits per heavy atom. The van der Waals surface area contributed by atoms with Crippen LogP contribution in [0.3, 0.4) is 0 Å². The average Bonchev–Trinajstić information content (AvgIpc) is 2.75. The second kappa shape index (κ2) is 5.09. The third-order valence-corrected chi connectivity index (χ3v) is 3.37. The van der Waals surface area contributed by atoms with Gasteiger partial charge in [0.05, 0.1) is 12.0 Å². The minimum absolute atomic E-state index is 0.196. The van der Waals surface area contributed by atoms with Crippen LogP contribution < -0.4 is 5.32 Å². The van der Waals surface area contributed by atoms with Crippen LogP contribution in [-0.2, 0) is 6.54 Å². The van der Waals surface area contributed by atoms with Crippen LogP contribution in [0.4, 0.5) is 0 Å². The zero-order chi connectivity index (χ0) is 11.4. The van der Waals surface area contributed by atoms with E-state index in [2.05, 4.69) is 23.3 Å². The highest BCUT2D eigenvalue weighted by atomic mass is 14.9. The van der Waals surface area contributed by atoms with Gasteiger partial charge in [0, 0.05) is 25.0 Å². The first-order chi connectivity index (χ1) is 7.81. The molecule has 1 heterocycles. The van der Waals surface area contributed by atoms with Gasteiger partial charge in [-0.25, -0.2) is 0 Å². The first kappa shape index (κ1) is 11.1. The summed E-state index contributed by atoms with van der Waals surface area (Å²) in [7, 11) is 0. The predicted octanol–water partition coefficient (Wildman–Crippen LogP) is 2.17. The number of aryl methyl sites for hydroxylation is 1. The first-order valence-corrected chi connectivity index (χ1v) is 5.83. The molecule has 0 spiro atoms. The van der Waals surface area contributed by atoms with E-state index in [1.807, 2.05) is 18.5 Å². The molecule has 1 saturated carbocycles. The minimum Gasteiger partial charge on any atom is -0.309 e. The van der Waals surface area contributed by atoms with Crippen molar-refractivity contribution >= 4 is 0 Å². The Morgan fingerprint density at radius 1 is 1.56 bits per heavy atom. The van der Waals surface area contributed by atoms with Gasteiger partial charge < -0.3 is 5.32 Å². The van der Waals surface area contributed by atoms with Crippen molar-refractivity contribution in [2.75, 3.05) is 0 Å². The molecule has 1 N–H and O–H groups in total. The smallest absolute Gasteiger partial charge is 0.0672 e. The Hall–Kier alpha value is -1.40. The molecule has 0 aliphatic heterocycles. The number of hydrogen-bond acceptors (Lipinski definition) is 3. The zero-order valence-electron chi connectivity index (χ0n) is 9.61. The molecule has 16 heavy (non-hydrogen) atoms. The molecule has 0 saturated heterocycles. The van der Waals surface area contributed by atoms with E-state index in [-0.39, 0.29) is 5.92 Å². The third-order valence-electron chi connectivity index (χ3n) is 3.37. The fraction of sp³-hybridized carbons (Fsp3) is 0.538. The lowest BCUT2D eigenvalue weighted by molar-refractivity contribution is 0.464. The molecule has 1 aliphatic rings. The monoisotopic (exact) mass is 215 g/mol. The number of aromatic nitrogens is 1. The number of nitrogens with one attached hydrogen (secondary N) is 1. The predicted molar refractivity (Wildman–Crippen MR) is 62.6 cm³/mol. The lowest BCUT2D eigenvalue weighted by Crippen LogP contribution is -2.31. The molecule has 84 valence electrons. The normalized spacial score (nSPS) is 24.2. The highest BCUT2D eigenvalue weighted by Crippen LogP contribution is 2.25. The summed E-state index contributed by atoms with van der Waals surface area (Å²) in [6, 6.07) is 4.80. The molecule has 0 aromatic carbocycles. The summed E-state index contributed by atoms with van der Waals surface area (Å²) >= 11 is 0. The molecule has 2 unspecified atom stereocenters. The van der Waals surface area contributed by atoms with Crippen LogP contribution in [0.2, 0.25) is 0 Å². The van der Waals surface area contributed by atoms with E-state index in [0.29, 0.717) is 6.04 Å². The summed E-state index contributed by atoms with van der Waals surface area (Å²) < 4.78 is 0. The van der Waals surface area contributed by atoms with E-state index in [9.17, 15) is 0 Å². The van der Waals surface area contributed by atoms with Crippen LogP contribution in [0, 0.1) is 24.2 Å². The maximum absolute atomic E-state index is 8.99. The van der Waals surface area contributed by atoms with Gasteiger partial charge in [0.25, 0.3) is 0 Å². The molecular weight excluding hydrogens is 198 g/mol. The molecule has 1 aromatic rings. The Morgan fingerprint density at radius 2 is 2.44 bits per heavy atom. The zero-order valence-corrected chi connectivity index (χ0v) is 9.61. The summed E-state index contributed by atoms with van der Waals surface area (Å²) in [5.41, 5.74) is 2.49. The summed E-state index contributed by atoms with van der Waals surface area (Å²) in [6.45, 7) is 2.91. The van der Waals surface area contributed by atoms with Crippen LogP contribution >= 0.6 is 0 Å². The second-order valence-electron chi connectivity index (χ2n) is 4.46. The molecular formula is C13H17N3. The standard InChI is InChI=1S/C13H17N3/c1-10-8-15-6-5-12(10)9-16-13-4-2-3-11(13)7-14/h5-6,8,11,13,16H,2-4,9H2,1H3. The van der Waals surface area contributed by atoms with Gasteiger partial charge in [-0.2, -0.15) is 5.26 Å². The van der Waals surface area contributed by atoms with Gasteiger partial charge in [-0.15, -0.1) is 0 Å². The fourth-order valence-corrected chi connectivity index (χ4v) is 2.30. The maximum Gasteiger partial charge on any atom is 0.0672 e. The lowest BCUT2D eigenvalue weighted by Gasteiger charge is -2.16. The summed E-state index contributed by atoms with van der Waals surface area (Å²) in [5, 5.41) is 12.5. The number of pyridine rings is 1. The molecule has 3 nitrogen and oxygen atoms in total. The lowest BCUT2D eigenvalue weighted by atomic mass is 10.1. The van der Waals surface area contributed by atoms with E-state index >= 15 is 0 Å². The van der Waals surface area contributed by atoms with E-state index in [1.54, 1.807) is 0 Å². The van der Waals surface area contributed by atoms with Gasteiger partial charge in [0.1, 0.15) is 0 Å². The largest absolute Gasteiger partial charge is 0.309 e. The second-order valence-corrected chi connectivity index (χ2v) is 4.46. The van der Waals surface area contributed by atoms with Crippen molar-refractivity contribution in [3.05, 3.63) is 29.6 Å². The maximum atomic E-state index is 8.99. The Kier molecular flexibility index (Phi) is 3.53. The summed E-state index contributed by atoms with van der Waals surface area (Å²) in [5.74, 6) is 0.196. The van der Waals surface area contributed by atoms with Crippen molar-refractivity contribution in [1.82, 2.24) is 10.3 Å². The third kappa shape index (κ3) is 2.40. The average molecular weight is 215 g/mol. The van der Waals surface area contributed by atoms with Crippen LogP contribution in [0.25, 0.3) is 0 Å². The Bertz CT molecular complexity index is 394. The van der Waals surface area contributed by atoms with Crippen LogP contribution in [0.15, 0.2) is 18.5 Å². The van der Waals surface area contributed by atoms with E-state index in [1.165, 1.54) is 17.5 Å². The van der Waals surface area contributed by atoms with Gasteiger partial charge in [0.2, 0.25) is 0 Å². The van der Waals surface area contributed by atoms with Crippen molar-refractivity contribution in [2.45, 2.75) is 38.8 Å². The molecule has 1 aliphatic carbocycles. The topological polar surface area (TPSA) is 48.7 Å². The molecule has 2 atom stereocenters. The van der Waals surface area contributed by atoms with Crippen molar-refractivity contribution in [3.8, 4) is 6.07 Å². The molecule has 0 bridgehead atoms.